The molecule has 2 aliphatic rings. The van der Waals surface area contributed by atoms with Crippen molar-refractivity contribution >= 4 is 29.4 Å². The molecule has 178 valence electrons. The first-order valence-corrected chi connectivity index (χ1v) is 11.0. The van der Waals surface area contributed by atoms with E-state index < -0.39 is 23.4 Å². The summed E-state index contributed by atoms with van der Waals surface area (Å²) in [4.78, 5) is 32.6. The van der Waals surface area contributed by atoms with Gasteiger partial charge in [0.15, 0.2) is 0 Å². The molecule has 2 saturated heterocycles. The molecule has 1 aromatic heterocycles. The normalized spacial score (nSPS) is 21.0. The number of amides is 2. The molecule has 1 atom stereocenters. The third-order valence-electron chi connectivity index (χ3n) is 5.51. The molecule has 0 bridgehead atoms. The van der Waals surface area contributed by atoms with Crippen LogP contribution in [0.15, 0.2) is 12.3 Å². The molecule has 2 aliphatic heterocycles. The molecule has 2 amide bonds. The highest BCUT2D eigenvalue weighted by Gasteiger charge is 2.37. The van der Waals surface area contributed by atoms with Gasteiger partial charge in [-0.25, -0.2) is 9.78 Å². The molecule has 3 heterocycles. The molecule has 7 nitrogen and oxygen atoms in total. The number of aromatic nitrogens is 1. The summed E-state index contributed by atoms with van der Waals surface area (Å²) in [6.07, 6.45) is -1.65. The van der Waals surface area contributed by atoms with E-state index in [0.29, 0.717) is 45.1 Å². The Hall–Kier alpha value is -2.23. The van der Waals surface area contributed by atoms with E-state index in [1.54, 1.807) is 9.80 Å². The number of hydrogen-bond acceptors (Lipinski definition) is 5. The van der Waals surface area contributed by atoms with E-state index in [2.05, 4.69) is 10.3 Å². The zero-order valence-electron chi connectivity index (χ0n) is 18.3. The predicted molar refractivity (Wildman–Crippen MR) is 113 cm³/mol. The average molecular weight is 477 g/mol. The van der Waals surface area contributed by atoms with Crippen molar-refractivity contribution in [2.45, 2.75) is 70.3 Å². The molecule has 32 heavy (non-hydrogen) atoms. The molecule has 1 aromatic rings. The summed E-state index contributed by atoms with van der Waals surface area (Å²) in [5.41, 5.74) is -1.51. The Balaban J connectivity index is 1.60. The van der Waals surface area contributed by atoms with Crippen LogP contribution in [0.4, 0.5) is 23.8 Å². The standard InChI is InChI=1S/C21H28ClF3N4O3/c1-20(2,3)32-19(31)28-9-6-14(7-10-28)29-8-4-5-16(18(29)30)27-17-15(22)11-13(12-26-17)21(23,24)25/h11-12,14,16H,4-10H2,1-3H3,(H,26,27)/t16-/m0/s1. The first-order valence-electron chi connectivity index (χ1n) is 10.6. The number of pyridine rings is 1. The number of halogens is 4. The number of carbonyl (C=O) groups excluding carboxylic acids is 2. The largest absolute Gasteiger partial charge is 0.444 e. The van der Waals surface area contributed by atoms with Gasteiger partial charge in [-0.1, -0.05) is 11.6 Å². The molecule has 0 aromatic carbocycles. The van der Waals surface area contributed by atoms with Crippen LogP contribution in [0.1, 0.15) is 52.0 Å². The minimum atomic E-state index is -4.54. The van der Waals surface area contributed by atoms with Crippen molar-refractivity contribution in [3.63, 3.8) is 0 Å². The number of alkyl halides is 3. The van der Waals surface area contributed by atoms with Gasteiger partial charge in [-0.3, -0.25) is 4.79 Å². The second kappa shape index (κ2) is 9.33. The maximum Gasteiger partial charge on any atom is 0.417 e. The van der Waals surface area contributed by atoms with Gasteiger partial charge in [-0.2, -0.15) is 13.2 Å². The molecule has 0 saturated carbocycles. The summed E-state index contributed by atoms with van der Waals surface area (Å²) in [5, 5.41) is 2.73. The molecule has 11 heteroatoms. The Morgan fingerprint density at radius 1 is 1.19 bits per heavy atom. The lowest BCUT2D eigenvalue weighted by Gasteiger charge is -2.42. The van der Waals surface area contributed by atoms with E-state index in [-0.39, 0.29) is 28.9 Å². The van der Waals surface area contributed by atoms with E-state index in [1.165, 1.54) is 0 Å². The lowest BCUT2D eigenvalue weighted by Crippen LogP contribution is -2.55. The molecule has 3 rings (SSSR count). The molecule has 0 aliphatic carbocycles. The maximum atomic E-state index is 13.1. The van der Waals surface area contributed by atoms with E-state index in [9.17, 15) is 22.8 Å². The molecule has 2 fully saturated rings. The van der Waals surface area contributed by atoms with Crippen LogP contribution in [0.25, 0.3) is 0 Å². The number of ether oxygens (including phenoxy) is 1. The third kappa shape index (κ3) is 5.96. The van der Waals surface area contributed by atoms with Crippen LogP contribution in [0.5, 0.6) is 0 Å². The highest BCUT2D eigenvalue weighted by atomic mass is 35.5. The van der Waals surface area contributed by atoms with Gasteiger partial charge < -0.3 is 19.9 Å². The van der Waals surface area contributed by atoms with Crippen molar-refractivity contribution in [1.29, 1.82) is 0 Å². The topological polar surface area (TPSA) is 74.8 Å². The molecular formula is C21H28ClF3N4O3. The number of piperidine rings is 2. The van der Waals surface area contributed by atoms with Gasteiger partial charge in [0.2, 0.25) is 5.91 Å². The van der Waals surface area contributed by atoms with Crippen LogP contribution >= 0.6 is 11.6 Å². The fourth-order valence-electron chi connectivity index (χ4n) is 3.95. The van der Waals surface area contributed by atoms with Gasteiger partial charge >= 0.3 is 12.3 Å². The van der Waals surface area contributed by atoms with Crippen LogP contribution in [-0.4, -0.2) is 64.1 Å². The SMILES string of the molecule is CC(C)(C)OC(=O)N1CCC(N2CCC[C@H](Nc3ncc(C(F)(F)F)cc3Cl)C2=O)CC1. The summed E-state index contributed by atoms with van der Waals surface area (Å²) >= 11 is 5.98. The van der Waals surface area contributed by atoms with Gasteiger partial charge in [0.25, 0.3) is 0 Å². The van der Waals surface area contributed by atoms with Gasteiger partial charge in [0.1, 0.15) is 17.5 Å². The minimum absolute atomic E-state index is 0.0122. The van der Waals surface area contributed by atoms with Gasteiger partial charge in [0, 0.05) is 31.9 Å². The predicted octanol–water partition coefficient (Wildman–Crippen LogP) is 4.56. The molecule has 1 N–H and O–H groups in total. The second-order valence-electron chi connectivity index (χ2n) is 9.12. The average Bonchev–Trinajstić information content (AvgIpc) is 2.69. The quantitative estimate of drug-likeness (QED) is 0.692. The maximum absolute atomic E-state index is 13.1. The van der Waals surface area contributed by atoms with Gasteiger partial charge in [0.05, 0.1) is 10.6 Å². The van der Waals surface area contributed by atoms with Gasteiger partial charge in [-0.15, -0.1) is 0 Å². The van der Waals surface area contributed by atoms with E-state index in [4.69, 9.17) is 16.3 Å². The van der Waals surface area contributed by atoms with E-state index in [1.807, 2.05) is 20.8 Å². The van der Waals surface area contributed by atoms with Crippen molar-refractivity contribution < 1.29 is 27.5 Å². The third-order valence-corrected chi connectivity index (χ3v) is 5.80. The van der Waals surface area contributed by atoms with Crippen molar-refractivity contribution in [3.8, 4) is 0 Å². The lowest BCUT2D eigenvalue weighted by atomic mass is 9.97. The number of anilines is 1. The van der Waals surface area contributed by atoms with Crippen LogP contribution in [0, 0.1) is 0 Å². The molecular weight excluding hydrogens is 449 g/mol. The monoisotopic (exact) mass is 476 g/mol. The number of nitrogens with one attached hydrogen (secondary N) is 1. The fourth-order valence-corrected chi connectivity index (χ4v) is 4.17. The van der Waals surface area contributed by atoms with E-state index in [0.717, 1.165) is 12.5 Å². The summed E-state index contributed by atoms with van der Waals surface area (Å²) in [5.74, 6) is -0.0793. The van der Waals surface area contributed by atoms with E-state index >= 15 is 0 Å². The number of hydrogen-bond donors (Lipinski definition) is 1. The lowest BCUT2D eigenvalue weighted by molar-refractivity contribution is -0.138. The minimum Gasteiger partial charge on any atom is -0.444 e. The highest BCUT2D eigenvalue weighted by molar-refractivity contribution is 6.33. The number of rotatable bonds is 3. The molecule has 0 spiro atoms. The van der Waals surface area contributed by atoms with Gasteiger partial charge in [-0.05, 0) is 52.5 Å². The Kier molecular flexibility index (Phi) is 7.12. The van der Waals surface area contributed by atoms with Crippen LogP contribution in [0.3, 0.4) is 0 Å². The summed E-state index contributed by atoms with van der Waals surface area (Å²) in [6, 6.07) is 0.171. The zero-order chi connectivity index (χ0) is 23.7. The van der Waals surface area contributed by atoms with Crippen molar-refractivity contribution in [2.75, 3.05) is 25.0 Å². The summed E-state index contributed by atoms with van der Waals surface area (Å²) < 4.78 is 43.9. The Morgan fingerprint density at radius 2 is 1.84 bits per heavy atom. The van der Waals surface area contributed by atoms with Crippen molar-refractivity contribution in [1.82, 2.24) is 14.8 Å². The van der Waals surface area contributed by atoms with Crippen LogP contribution in [-0.2, 0) is 15.7 Å². The summed E-state index contributed by atoms with van der Waals surface area (Å²) in [6.45, 7) is 7.03. The van der Waals surface area contributed by atoms with Crippen molar-refractivity contribution in [3.05, 3.63) is 22.8 Å². The smallest absolute Gasteiger partial charge is 0.417 e. The molecule has 0 unspecified atom stereocenters. The van der Waals surface area contributed by atoms with Crippen LogP contribution < -0.4 is 5.32 Å². The molecule has 0 radical (unpaired) electrons. The zero-order valence-corrected chi connectivity index (χ0v) is 19.1. The fraction of sp³-hybridized carbons (Fsp3) is 0.667. The Bertz CT molecular complexity index is 852. The number of likely N-dealkylation sites (tertiary alicyclic amines) is 2. The van der Waals surface area contributed by atoms with Crippen LogP contribution in [0.2, 0.25) is 5.02 Å². The van der Waals surface area contributed by atoms with Crippen molar-refractivity contribution in [2.24, 2.45) is 0 Å². The highest BCUT2D eigenvalue weighted by Crippen LogP contribution is 2.33. The Morgan fingerprint density at radius 3 is 2.41 bits per heavy atom. The summed E-state index contributed by atoms with van der Waals surface area (Å²) in [7, 11) is 0. The second-order valence-corrected chi connectivity index (χ2v) is 9.53. The number of carbonyl (C=O) groups is 2. The number of nitrogens with zero attached hydrogens (tertiary/aromatic N) is 3. The first-order chi connectivity index (χ1) is 14.8. The Labute approximate surface area is 190 Å². The first kappa shape index (κ1) is 24.4.